The zero-order valence-corrected chi connectivity index (χ0v) is 11.7. The fourth-order valence-electron chi connectivity index (χ4n) is 2.63. The minimum absolute atomic E-state index is 0.456. The van der Waals surface area contributed by atoms with E-state index in [1.807, 2.05) is 0 Å². The average Bonchev–Trinajstić information content (AvgIpc) is 2.67. The van der Waals surface area contributed by atoms with Gasteiger partial charge in [-0.3, -0.25) is 0 Å². The molecule has 1 aromatic rings. The maximum Gasteiger partial charge on any atom is 0.0897 e. The van der Waals surface area contributed by atoms with Crippen LogP contribution in [0.25, 0.3) is 0 Å². The number of rotatable bonds is 4. The lowest BCUT2D eigenvalue weighted by atomic mass is 9.86. The zero-order chi connectivity index (χ0) is 12.3. The summed E-state index contributed by atoms with van der Waals surface area (Å²) in [6.45, 7) is 4.23. The summed E-state index contributed by atoms with van der Waals surface area (Å²) in [5, 5.41) is 3.33. The van der Waals surface area contributed by atoms with Crippen molar-refractivity contribution >= 4 is 11.3 Å². The molecule has 17 heavy (non-hydrogen) atoms. The Hall–Kier alpha value is -0.450. The monoisotopic (exact) mass is 253 g/mol. The predicted molar refractivity (Wildman–Crippen MR) is 73.1 cm³/mol. The van der Waals surface area contributed by atoms with Crippen molar-refractivity contribution in [3.8, 4) is 0 Å². The van der Waals surface area contributed by atoms with E-state index < -0.39 is 0 Å². The lowest BCUT2D eigenvalue weighted by Crippen LogP contribution is -2.32. The summed E-state index contributed by atoms with van der Waals surface area (Å²) in [7, 11) is 2.20. The van der Waals surface area contributed by atoms with Crippen molar-refractivity contribution in [1.82, 2.24) is 9.88 Å². The third-order valence-electron chi connectivity index (χ3n) is 3.56. The normalized spacial score (nSPS) is 25.4. The van der Waals surface area contributed by atoms with Gasteiger partial charge in [-0.2, -0.15) is 0 Å². The molecule has 0 amide bonds. The fourth-order valence-corrected chi connectivity index (χ4v) is 3.24. The molecule has 1 aliphatic carbocycles. The number of hydrogen-bond acceptors (Lipinski definition) is 4. The molecule has 0 atom stereocenters. The van der Waals surface area contributed by atoms with Crippen molar-refractivity contribution in [2.75, 3.05) is 13.6 Å². The quantitative estimate of drug-likeness (QED) is 0.896. The van der Waals surface area contributed by atoms with Crippen molar-refractivity contribution in [3.63, 3.8) is 0 Å². The van der Waals surface area contributed by atoms with E-state index in [1.165, 1.54) is 37.9 Å². The van der Waals surface area contributed by atoms with Gasteiger partial charge in [-0.05, 0) is 45.6 Å². The van der Waals surface area contributed by atoms with E-state index in [2.05, 4.69) is 29.2 Å². The lowest BCUT2D eigenvalue weighted by molar-refractivity contribution is 0.217. The molecule has 0 bridgehead atoms. The second kappa shape index (κ2) is 5.94. The zero-order valence-electron chi connectivity index (χ0n) is 10.9. The van der Waals surface area contributed by atoms with Crippen LogP contribution in [0.15, 0.2) is 5.38 Å². The molecule has 0 unspecified atom stereocenters. The van der Waals surface area contributed by atoms with Crippen LogP contribution in [-0.4, -0.2) is 29.5 Å². The number of thiazole rings is 1. The van der Waals surface area contributed by atoms with Crippen molar-refractivity contribution in [2.24, 2.45) is 11.7 Å². The standard InChI is InChI=1S/C13H23N3S/c1-10-15-13(9-17-10)8-16(2)7-11-3-5-12(14)6-4-11/h9,11-12H,3-8,14H2,1-2H3. The van der Waals surface area contributed by atoms with Gasteiger partial charge in [0.05, 0.1) is 10.7 Å². The van der Waals surface area contributed by atoms with Crippen molar-refractivity contribution < 1.29 is 0 Å². The lowest BCUT2D eigenvalue weighted by Gasteiger charge is -2.29. The Morgan fingerprint density at radius 1 is 1.41 bits per heavy atom. The van der Waals surface area contributed by atoms with Gasteiger partial charge in [0.1, 0.15) is 0 Å². The van der Waals surface area contributed by atoms with Gasteiger partial charge in [-0.15, -0.1) is 11.3 Å². The molecule has 0 aliphatic heterocycles. The van der Waals surface area contributed by atoms with E-state index in [-0.39, 0.29) is 0 Å². The van der Waals surface area contributed by atoms with Crippen LogP contribution in [0.2, 0.25) is 0 Å². The molecule has 0 aromatic carbocycles. The molecule has 0 saturated heterocycles. The highest BCUT2D eigenvalue weighted by Gasteiger charge is 2.19. The van der Waals surface area contributed by atoms with E-state index >= 15 is 0 Å². The third-order valence-corrected chi connectivity index (χ3v) is 4.38. The van der Waals surface area contributed by atoms with E-state index in [0.29, 0.717) is 6.04 Å². The van der Waals surface area contributed by atoms with E-state index in [9.17, 15) is 0 Å². The number of aromatic nitrogens is 1. The van der Waals surface area contributed by atoms with Crippen LogP contribution in [0.5, 0.6) is 0 Å². The molecular formula is C13H23N3S. The number of aryl methyl sites for hydroxylation is 1. The number of hydrogen-bond donors (Lipinski definition) is 1. The Balaban J connectivity index is 1.75. The maximum absolute atomic E-state index is 5.93. The van der Waals surface area contributed by atoms with Crippen LogP contribution >= 0.6 is 11.3 Å². The first-order valence-electron chi connectivity index (χ1n) is 6.48. The van der Waals surface area contributed by atoms with Gasteiger partial charge in [-0.1, -0.05) is 0 Å². The van der Waals surface area contributed by atoms with Crippen LogP contribution in [0.3, 0.4) is 0 Å². The van der Waals surface area contributed by atoms with E-state index in [4.69, 9.17) is 5.73 Å². The van der Waals surface area contributed by atoms with Gasteiger partial charge in [-0.25, -0.2) is 4.98 Å². The molecule has 1 heterocycles. The van der Waals surface area contributed by atoms with E-state index in [1.54, 1.807) is 11.3 Å². The summed E-state index contributed by atoms with van der Waals surface area (Å²) in [5.41, 5.74) is 7.14. The second-order valence-electron chi connectivity index (χ2n) is 5.34. The van der Waals surface area contributed by atoms with Crippen LogP contribution in [0.1, 0.15) is 36.4 Å². The van der Waals surface area contributed by atoms with Crippen LogP contribution in [-0.2, 0) is 6.54 Å². The molecule has 0 spiro atoms. The molecule has 3 nitrogen and oxygen atoms in total. The molecule has 2 rings (SSSR count). The molecule has 1 saturated carbocycles. The minimum Gasteiger partial charge on any atom is -0.328 e. The molecule has 0 radical (unpaired) electrons. The first-order valence-corrected chi connectivity index (χ1v) is 7.36. The SMILES string of the molecule is Cc1nc(CN(C)CC2CCC(N)CC2)cs1. The van der Waals surface area contributed by atoms with E-state index in [0.717, 1.165) is 17.5 Å². The largest absolute Gasteiger partial charge is 0.328 e. The Labute approximate surface area is 108 Å². The van der Waals surface area contributed by atoms with Crippen LogP contribution < -0.4 is 5.73 Å². The Morgan fingerprint density at radius 2 is 2.12 bits per heavy atom. The Kier molecular flexibility index (Phi) is 4.54. The third kappa shape index (κ3) is 4.05. The summed E-state index contributed by atoms with van der Waals surface area (Å²) in [4.78, 5) is 6.91. The highest BCUT2D eigenvalue weighted by atomic mass is 32.1. The first kappa shape index (κ1) is 13.0. The van der Waals surface area contributed by atoms with Gasteiger partial charge in [0.25, 0.3) is 0 Å². The summed E-state index contributed by atoms with van der Waals surface area (Å²) in [6, 6.07) is 0.456. The average molecular weight is 253 g/mol. The smallest absolute Gasteiger partial charge is 0.0897 e. The van der Waals surface area contributed by atoms with Crippen molar-refractivity contribution in [1.29, 1.82) is 0 Å². The molecule has 2 N–H and O–H groups in total. The van der Waals surface area contributed by atoms with Crippen molar-refractivity contribution in [2.45, 2.75) is 45.2 Å². The van der Waals surface area contributed by atoms with Gasteiger partial charge in [0.2, 0.25) is 0 Å². The Bertz CT molecular complexity index is 342. The predicted octanol–water partition coefficient (Wildman–Crippen LogP) is 2.40. The molecular weight excluding hydrogens is 230 g/mol. The van der Waals surface area contributed by atoms with Crippen LogP contribution in [0, 0.1) is 12.8 Å². The molecule has 1 aliphatic rings. The minimum atomic E-state index is 0.456. The molecule has 4 heteroatoms. The van der Waals surface area contributed by atoms with Crippen LogP contribution in [0.4, 0.5) is 0 Å². The highest BCUT2D eigenvalue weighted by molar-refractivity contribution is 7.09. The van der Waals surface area contributed by atoms with Crippen molar-refractivity contribution in [3.05, 3.63) is 16.1 Å². The Morgan fingerprint density at radius 3 is 2.71 bits per heavy atom. The van der Waals surface area contributed by atoms with Gasteiger partial charge in [0.15, 0.2) is 0 Å². The molecule has 1 fully saturated rings. The second-order valence-corrected chi connectivity index (χ2v) is 6.40. The maximum atomic E-state index is 5.93. The molecule has 96 valence electrons. The first-order chi connectivity index (χ1) is 8.13. The summed E-state index contributed by atoms with van der Waals surface area (Å²) in [5.74, 6) is 0.833. The number of nitrogens with two attached hydrogens (primary N) is 1. The highest BCUT2D eigenvalue weighted by Crippen LogP contribution is 2.24. The van der Waals surface area contributed by atoms with Gasteiger partial charge < -0.3 is 10.6 Å². The summed E-state index contributed by atoms with van der Waals surface area (Å²) in [6.07, 6.45) is 4.99. The van der Waals surface area contributed by atoms with Gasteiger partial charge >= 0.3 is 0 Å². The summed E-state index contributed by atoms with van der Waals surface area (Å²) >= 11 is 1.74. The molecule has 1 aromatic heterocycles. The number of nitrogens with zero attached hydrogens (tertiary/aromatic N) is 2. The summed E-state index contributed by atoms with van der Waals surface area (Å²) < 4.78 is 0. The van der Waals surface area contributed by atoms with Gasteiger partial charge in [0, 0.05) is 24.5 Å². The topological polar surface area (TPSA) is 42.2 Å². The fraction of sp³-hybridized carbons (Fsp3) is 0.769.